The van der Waals surface area contributed by atoms with E-state index >= 15 is 0 Å². The monoisotopic (exact) mass is 270 g/mol. The van der Waals surface area contributed by atoms with Crippen LogP contribution < -0.4 is 0 Å². The zero-order valence-electron chi connectivity index (χ0n) is 11.7. The lowest BCUT2D eigenvalue weighted by molar-refractivity contribution is -0.00931. The highest BCUT2D eigenvalue weighted by molar-refractivity contribution is 6.30. The summed E-state index contributed by atoms with van der Waals surface area (Å²) in [6.45, 7) is 7.20. The van der Waals surface area contributed by atoms with Crippen molar-refractivity contribution >= 4 is 11.6 Å². The summed E-state index contributed by atoms with van der Waals surface area (Å²) in [5.74, 6) is 1.54. The van der Waals surface area contributed by atoms with Gasteiger partial charge in [0.1, 0.15) is 5.15 Å². The Morgan fingerprint density at radius 1 is 1.28 bits per heavy atom. The van der Waals surface area contributed by atoms with Crippen LogP contribution in [0.3, 0.4) is 0 Å². The minimum atomic E-state index is 0.374. The maximum absolute atomic E-state index is 6.21. The number of halogens is 1. The average Bonchev–Trinajstić information content (AvgIpc) is 2.50. The van der Waals surface area contributed by atoms with Gasteiger partial charge in [0.25, 0.3) is 0 Å². The molecule has 1 heterocycles. The Labute approximate surface area is 114 Å². The van der Waals surface area contributed by atoms with E-state index in [1.54, 1.807) is 4.68 Å². The molecule has 4 heteroatoms. The maximum atomic E-state index is 6.21. The van der Waals surface area contributed by atoms with Crippen LogP contribution in [0.15, 0.2) is 0 Å². The van der Waals surface area contributed by atoms with E-state index in [0.29, 0.717) is 17.9 Å². The smallest absolute Gasteiger partial charge is 0.132 e. The Morgan fingerprint density at radius 2 is 1.89 bits per heavy atom. The van der Waals surface area contributed by atoms with Crippen molar-refractivity contribution in [3.63, 3.8) is 0 Å². The highest BCUT2D eigenvalue weighted by Crippen LogP contribution is 2.31. The van der Waals surface area contributed by atoms with E-state index in [1.165, 1.54) is 19.3 Å². The van der Waals surface area contributed by atoms with Gasteiger partial charge in [0.2, 0.25) is 0 Å². The molecule has 1 fully saturated rings. The molecule has 1 saturated carbocycles. The molecule has 0 N–H and O–H groups in total. The fourth-order valence-corrected chi connectivity index (χ4v) is 3.28. The van der Waals surface area contributed by atoms with E-state index in [-0.39, 0.29) is 0 Å². The number of aromatic nitrogens is 2. The van der Waals surface area contributed by atoms with E-state index in [0.717, 1.165) is 23.1 Å². The van der Waals surface area contributed by atoms with Crippen LogP contribution in [-0.2, 0) is 18.4 Å². The summed E-state index contributed by atoms with van der Waals surface area (Å²) in [5.41, 5.74) is 2.00. The Bertz CT molecular complexity index is 406. The van der Waals surface area contributed by atoms with Crippen molar-refractivity contribution in [2.45, 2.75) is 52.7 Å². The number of rotatable bonds is 3. The number of hydrogen-bond donors (Lipinski definition) is 0. The van der Waals surface area contributed by atoms with E-state index in [2.05, 4.69) is 18.9 Å². The summed E-state index contributed by atoms with van der Waals surface area (Å²) in [6.07, 6.45) is 4.04. The van der Waals surface area contributed by atoms with Gasteiger partial charge in [0, 0.05) is 12.6 Å². The van der Waals surface area contributed by atoms with Gasteiger partial charge in [-0.15, -0.1) is 0 Å². The van der Waals surface area contributed by atoms with Crippen molar-refractivity contribution in [3.8, 4) is 0 Å². The van der Waals surface area contributed by atoms with Crippen LogP contribution >= 0.6 is 11.6 Å². The van der Waals surface area contributed by atoms with Crippen molar-refractivity contribution in [3.05, 3.63) is 16.4 Å². The van der Waals surface area contributed by atoms with Gasteiger partial charge in [-0.25, -0.2) is 0 Å². The van der Waals surface area contributed by atoms with Crippen LogP contribution in [0.2, 0.25) is 5.15 Å². The summed E-state index contributed by atoms with van der Waals surface area (Å²) in [6, 6.07) is 0. The second-order valence-electron chi connectivity index (χ2n) is 5.83. The summed E-state index contributed by atoms with van der Waals surface area (Å²) in [4.78, 5) is 0. The van der Waals surface area contributed by atoms with Crippen LogP contribution in [0.1, 0.15) is 44.4 Å². The third-order valence-corrected chi connectivity index (χ3v) is 4.34. The summed E-state index contributed by atoms with van der Waals surface area (Å²) in [5, 5.41) is 5.01. The Kier molecular flexibility index (Phi) is 4.33. The number of aryl methyl sites for hydroxylation is 2. The minimum Gasteiger partial charge on any atom is -0.373 e. The largest absolute Gasteiger partial charge is 0.373 e. The molecule has 1 aliphatic carbocycles. The lowest BCUT2D eigenvalue weighted by Gasteiger charge is -2.31. The molecular weight excluding hydrogens is 248 g/mol. The third kappa shape index (κ3) is 3.07. The number of nitrogens with zero attached hydrogens (tertiary/aromatic N) is 2. The number of ether oxygens (including phenoxy) is 1. The summed E-state index contributed by atoms with van der Waals surface area (Å²) in [7, 11) is 1.86. The summed E-state index contributed by atoms with van der Waals surface area (Å²) < 4.78 is 7.76. The fourth-order valence-electron chi connectivity index (χ4n) is 3.05. The van der Waals surface area contributed by atoms with Crippen molar-refractivity contribution in [2.24, 2.45) is 18.9 Å². The first kappa shape index (κ1) is 13.9. The number of hydrogen-bond acceptors (Lipinski definition) is 2. The zero-order chi connectivity index (χ0) is 13.3. The highest BCUT2D eigenvalue weighted by atomic mass is 35.5. The average molecular weight is 271 g/mol. The van der Waals surface area contributed by atoms with E-state index in [9.17, 15) is 0 Å². The lowest BCUT2D eigenvalue weighted by Crippen LogP contribution is -2.26. The van der Waals surface area contributed by atoms with Gasteiger partial charge in [-0.2, -0.15) is 5.10 Å². The van der Waals surface area contributed by atoms with Crippen molar-refractivity contribution in [2.75, 3.05) is 0 Å². The molecule has 1 aromatic heterocycles. The molecule has 0 aromatic carbocycles. The van der Waals surface area contributed by atoms with Gasteiger partial charge in [-0.05, 0) is 38.0 Å². The topological polar surface area (TPSA) is 27.1 Å². The van der Waals surface area contributed by atoms with Gasteiger partial charge in [-0.3, -0.25) is 4.68 Å². The van der Waals surface area contributed by atoms with Gasteiger partial charge >= 0.3 is 0 Å². The van der Waals surface area contributed by atoms with E-state index < -0.39 is 0 Å². The normalized spacial score (nSPS) is 28.6. The standard InChI is InChI=1S/C14H23ClN2O/c1-9-5-10(2)7-12(6-9)18-8-13-11(3)16-17(4)14(13)15/h9-10,12H,5-8H2,1-4H3. The minimum absolute atomic E-state index is 0.374. The lowest BCUT2D eigenvalue weighted by atomic mass is 9.82. The molecule has 0 aliphatic heterocycles. The zero-order valence-corrected chi connectivity index (χ0v) is 12.5. The van der Waals surface area contributed by atoms with Crippen LogP contribution in [0, 0.1) is 18.8 Å². The molecule has 2 unspecified atom stereocenters. The predicted octanol–water partition coefficient (Wildman–Crippen LogP) is 3.72. The molecule has 102 valence electrons. The summed E-state index contributed by atoms with van der Waals surface area (Å²) >= 11 is 6.21. The second kappa shape index (κ2) is 5.62. The first-order chi connectivity index (χ1) is 8.47. The first-order valence-corrected chi connectivity index (χ1v) is 7.14. The highest BCUT2D eigenvalue weighted by Gasteiger charge is 2.25. The van der Waals surface area contributed by atoms with Gasteiger partial charge < -0.3 is 4.74 Å². The van der Waals surface area contributed by atoms with E-state index in [1.807, 2.05) is 14.0 Å². The van der Waals surface area contributed by atoms with Gasteiger partial charge in [0.15, 0.2) is 0 Å². The van der Waals surface area contributed by atoms with Crippen molar-refractivity contribution in [1.29, 1.82) is 0 Å². The SMILES string of the molecule is Cc1nn(C)c(Cl)c1COC1CC(C)CC(C)C1. The molecule has 3 nitrogen and oxygen atoms in total. The first-order valence-electron chi connectivity index (χ1n) is 6.77. The fraction of sp³-hybridized carbons (Fsp3) is 0.786. The van der Waals surface area contributed by atoms with Crippen LogP contribution in [-0.4, -0.2) is 15.9 Å². The van der Waals surface area contributed by atoms with Gasteiger partial charge in [0.05, 0.1) is 18.4 Å². The van der Waals surface area contributed by atoms with Crippen molar-refractivity contribution < 1.29 is 4.74 Å². The molecule has 0 saturated heterocycles. The molecule has 2 rings (SSSR count). The van der Waals surface area contributed by atoms with Crippen LogP contribution in [0.5, 0.6) is 0 Å². The van der Waals surface area contributed by atoms with Crippen LogP contribution in [0.4, 0.5) is 0 Å². The molecule has 0 spiro atoms. The molecule has 2 atom stereocenters. The van der Waals surface area contributed by atoms with Crippen molar-refractivity contribution in [1.82, 2.24) is 9.78 Å². The van der Waals surface area contributed by atoms with E-state index in [4.69, 9.17) is 16.3 Å². The molecular formula is C14H23ClN2O. The molecule has 0 bridgehead atoms. The molecule has 1 aliphatic rings. The Morgan fingerprint density at radius 3 is 2.39 bits per heavy atom. The Hall–Kier alpha value is -0.540. The maximum Gasteiger partial charge on any atom is 0.132 e. The molecule has 0 radical (unpaired) electrons. The predicted molar refractivity (Wildman–Crippen MR) is 73.7 cm³/mol. The van der Waals surface area contributed by atoms with Crippen LogP contribution in [0.25, 0.3) is 0 Å². The second-order valence-corrected chi connectivity index (χ2v) is 6.19. The molecule has 0 amide bonds. The Balaban J connectivity index is 1.95. The molecule has 1 aromatic rings. The third-order valence-electron chi connectivity index (χ3n) is 3.87. The quantitative estimate of drug-likeness (QED) is 0.837. The molecule has 18 heavy (non-hydrogen) atoms. The van der Waals surface area contributed by atoms with Gasteiger partial charge in [-0.1, -0.05) is 25.4 Å².